The summed E-state index contributed by atoms with van der Waals surface area (Å²) >= 11 is 0. The van der Waals surface area contributed by atoms with Gasteiger partial charge in [0.1, 0.15) is 17.4 Å². The monoisotopic (exact) mass is 329 g/mol. The number of anilines is 2. The highest BCUT2D eigenvalue weighted by Crippen LogP contribution is 2.29. The lowest BCUT2D eigenvalue weighted by atomic mass is 10.1. The number of carbonyl (C=O) groups is 1. The number of nitrogens with one attached hydrogen (secondary N) is 1. The summed E-state index contributed by atoms with van der Waals surface area (Å²) in [5.41, 5.74) is -0.342. The van der Waals surface area contributed by atoms with Crippen molar-refractivity contribution in [2.75, 3.05) is 23.3 Å². The number of pyridine rings is 1. The molecule has 0 atom stereocenters. The maximum Gasteiger partial charge on any atom is 0.270 e. The van der Waals surface area contributed by atoms with Crippen molar-refractivity contribution in [3.63, 3.8) is 0 Å². The highest BCUT2D eigenvalue weighted by molar-refractivity contribution is 6.01. The zero-order valence-electron chi connectivity index (χ0n) is 13.8. The van der Waals surface area contributed by atoms with E-state index in [4.69, 9.17) is 4.74 Å². The minimum atomic E-state index is -1.09. The maximum absolute atomic E-state index is 13.1. The van der Waals surface area contributed by atoms with Crippen LogP contribution in [0, 0.1) is 5.82 Å². The zero-order chi connectivity index (χ0) is 17.2. The first-order valence-electron chi connectivity index (χ1n) is 7.93. The van der Waals surface area contributed by atoms with Gasteiger partial charge >= 0.3 is 0 Å². The molecule has 0 fully saturated rings. The van der Waals surface area contributed by atoms with E-state index in [1.807, 2.05) is 6.07 Å². The average Bonchev–Trinajstić information content (AvgIpc) is 2.78. The van der Waals surface area contributed by atoms with Crippen LogP contribution in [0.1, 0.15) is 20.3 Å². The van der Waals surface area contributed by atoms with Crippen molar-refractivity contribution in [3.8, 4) is 5.75 Å². The Morgan fingerprint density at radius 2 is 2.04 bits per heavy atom. The lowest BCUT2D eigenvalue weighted by Gasteiger charge is -2.32. The van der Waals surface area contributed by atoms with Crippen LogP contribution in [-0.4, -0.2) is 29.6 Å². The summed E-state index contributed by atoms with van der Waals surface area (Å²) in [6, 6.07) is 9.33. The molecular weight excluding hydrogens is 309 g/mol. The Balaban J connectivity index is 1.85. The minimum absolute atomic E-state index is 0.162. The van der Waals surface area contributed by atoms with Gasteiger partial charge in [-0.3, -0.25) is 4.79 Å². The van der Waals surface area contributed by atoms with Gasteiger partial charge in [0.05, 0.1) is 5.69 Å². The second kappa shape index (κ2) is 6.47. The van der Waals surface area contributed by atoms with Crippen molar-refractivity contribution >= 4 is 17.4 Å². The summed E-state index contributed by atoms with van der Waals surface area (Å²) in [5.74, 6) is 0.643. The Bertz CT molecular complexity index is 731. The first kappa shape index (κ1) is 16.2. The fraction of sp³-hybridized carbons (Fsp3) is 0.333. The molecule has 0 bridgehead atoms. The van der Waals surface area contributed by atoms with Crippen LogP contribution >= 0.6 is 0 Å². The Hall–Kier alpha value is -2.63. The summed E-state index contributed by atoms with van der Waals surface area (Å²) in [6.45, 7) is 4.77. The van der Waals surface area contributed by atoms with Gasteiger partial charge in [-0.05, 0) is 56.7 Å². The summed E-state index contributed by atoms with van der Waals surface area (Å²) < 4.78 is 18.9. The number of nitrogens with zero attached hydrogens (tertiary/aromatic N) is 2. The first-order valence-corrected chi connectivity index (χ1v) is 7.93. The molecule has 5 nitrogen and oxygen atoms in total. The molecule has 1 aromatic heterocycles. The molecule has 0 saturated carbocycles. The Morgan fingerprint density at radius 1 is 1.29 bits per heavy atom. The van der Waals surface area contributed by atoms with Crippen LogP contribution in [0.2, 0.25) is 0 Å². The molecule has 126 valence electrons. The Morgan fingerprint density at radius 3 is 2.79 bits per heavy atom. The quantitative estimate of drug-likeness (QED) is 0.939. The van der Waals surface area contributed by atoms with E-state index in [0.717, 1.165) is 18.7 Å². The predicted molar refractivity (Wildman–Crippen MR) is 90.8 cm³/mol. The van der Waals surface area contributed by atoms with E-state index in [9.17, 15) is 9.18 Å². The number of hydrogen-bond donors (Lipinski definition) is 1. The molecule has 0 radical (unpaired) electrons. The van der Waals surface area contributed by atoms with Crippen molar-refractivity contribution in [2.24, 2.45) is 0 Å². The predicted octanol–water partition coefficient (Wildman–Crippen LogP) is 3.23. The first-order chi connectivity index (χ1) is 11.5. The molecule has 2 aromatic rings. The van der Waals surface area contributed by atoms with Gasteiger partial charge in [0, 0.05) is 19.3 Å². The van der Waals surface area contributed by atoms with Gasteiger partial charge in [0.15, 0.2) is 5.60 Å². The van der Waals surface area contributed by atoms with Crippen LogP contribution in [0.15, 0.2) is 42.6 Å². The van der Waals surface area contributed by atoms with Crippen molar-refractivity contribution in [1.29, 1.82) is 0 Å². The molecule has 0 aliphatic carbocycles. The van der Waals surface area contributed by atoms with Crippen LogP contribution in [0.25, 0.3) is 0 Å². The lowest BCUT2D eigenvalue weighted by molar-refractivity contribution is -0.131. The van der Waals surface area contributed by atoms with E-state index in [0.29, 0.717) is 18.1 Å². The van der Waals surface area contributed by atoms with Crippen molar-refractivity contribution in [2.45, 2.75) is 25.9 Å². The third-order valence-electron chi connectivity index (χ3n) is 3.87. The molecule has 2 heterocycles. The Labute approximate surface area is 140 Å². The minimum Gasteiger partial charge on any atom is -0.478 e. The van der Waals surface area contributed by atoms with E-state index in [1.165, 1.54) is 24.3 Å². The molecular formula is C18H20FN3O2. The molecule has 1 N–H and O–H groups in total. The summed E-state index contributed by atoms with van der Waals surface area (Å²) in [7, 11) is 0. The average molecular weight is 329 g/mol. The van der Waals surface area contributed by atoms with E-state index >= 15 is 0 Å². The van der Waals surface area contributed by atoms with E-state index in [2.05, 4.69) is 10.3 Å². The maximum atomic E-state index is 13.1. The van der Waals surface area contributed by atoms with Gasteiger partial charge in [-0.25, -0.2) is 9.37 Å². The molecule has 24 heavy (non-hydrogen) atoms. The smallest absolute Gasteiger partial charge is 0.270 e. The van der Waals surface area contributed by atoms with Crippen LogP contribution in [0.4, 0.5) is 15.9 Å². The lowest BCUT2D eigenvalue weighted by Crippen LogP contribution is -2.49. The normalized spacial score (nSPS) is 14.4. The highest BCUT2D eigenvalue weighted by atomic mass is 19.1. The fourth-order valence-electron chi connectivity index (χ4n) is 2.69. The molecule has 3 rings (SSSR count). The number of aromatic nitrogens is 1. The molecule has 1 aliphatic rings. The second-order valence-corrected chi connectivity index (χ2v) is 6.17. The molecule has 1 aromatic carbocycles. The third-order valence-corrected chi connectivity index (χ3v) is 3.87. The number of fused-ring (bicyclic) bond motifs is 1. The topological polar surface area (TPSA) is 54.5 Å². The van der Waals surface area contributed by atoms with Crippen molar-refractivity contribution in [3.05, 3.63) is 48.4 Å². The second-order valence-electron chi connectivity index (χ2n) is 6.17. The van der Waals surface area contributed by atoms with Crippen LogP contribution in [-0.2, 0) is 4.79 Å². The molecule has 0 saturated heterocycles. The number of rotatable bonds is 3. The number of amides is 1. The van der Waals surface area contributed by atoms with E-state index < -0.39 is 5.60 Å². The molecule has 1 aliphatic heterocycles. The molecule has 0 spiro atoms. The van der Waals surface area contributed by atoms with Gasteiger partial charge in [-0.2, -0.15) is 0 Å². The van der Waals surface area contributed by atoms with E-state index in [1.54, 1.807) is 31.0 Å². The summed E-state index contributed by atoms with van der Waals surface area (Å²) in [5, 5.41) is 3.23. The van der Waals surface area contributed by atoms with Gasteiger partial charge < -0.3 is 15.0 Å². The van der Waals surface area contributed by atoms with Crippen molar-refractivity contribution < 1.29 is 13.9 Å². The number of halogens is 1. The number of hydrogen-bond acceptors (Lipinski definition) is 4. The summed E-state index contributed by atoms with van der Waals surface area (Å²) in [6.07, 6.45) is 2.51. The molecule has 1 amide bonds. The zero-order valence-corrected chi connectivity index (χ0v) is 13.8. The van der Waals surface area contributed by atoms with Gasteiger partial charge in [0.2, 0.25) is 0 Å². The van der Waals surface area contributed by atoms with Crippen LogP contribution in [0.5, 0.6) is 5.75 Å². The van der Waals surface area contributed by atoms with Gasteiger partial charge in [-0.1, -0.05) is 0 Å². The fourth-order valence-corrected chi connectivity index (χ4v) is 2.69. The van der Waals surface area contributed by atoms with Crippen molar-refractivity contribution in [1.82, 2.24) is 4.98 Å². The van der Waals surface area contributed by atoms with Crippen LogP contribution in [0.3, 0.4) is 0 Å². The SMILES string of the molecule is CC(C)(Oc1ccc(F)cc1)C(=O)N1CCCNc2ncccc21. The Kier molecular flexibility index (Phi) is 4.38. The number of carbonyl (C=O) groups excluding carboxylic acids is 1. The summed E-state index contributed by atoms with van der Waals surface area (Å²) in [4.78, 5) is 19.1. The van der Waals surface area contributed by atoms with Gasteiger partial charge in [0.25, 0.3) is 5.91 Å². The van der Waals surface area contributed by atoms with Crippen LogP contribution < -0.4 is 15.0 Å². The highest BCUT2D eigenvalue weighted by Gasteiger charge is 2.36. The largest absolute Gasteiger partial charge is 0.478 e. The molecule has 0 unspecified atom stereocenters. The third kappa shape index (κ3) is 3.32. The number of benzene rings is 1. The molecule has 6 heteroatoms. The van der Waals surface area contributed by atoms with E-state index in [-0.39, 0.29) is 11.7 Å². The number of ether oxygens (including phenoxy) is 1. The van der Waals surface area contributed by atoms with Gasteiger partial charge in [-0.15, -0.1) is 0 Å². The standard InChI is InChI=1S/C18H20FN3O2/c1-18(2,24-14-8-6-13(19)7-9-14)17(23)22-12-4-11-21-16-15(22)5-3-10-20-16/h3,5-10H,4,11-12H2,1-2H3,(H,20,21).